The molecule has 0 amide bonds. The third kappa shape index (κ3) is 5.76. The summed E-state index contributed by atoms with van der Waals surface area (Å²) in [6, 6.07) is 13.6. The second kappa shape index (κ2) is 9.27. The van der Waals surface area contributed by atoms with Crippen LogP contribution in [-0.2, 0) is 25.1 Å². The summed E-state index contributed by atoms with van der Waals surface area (Å²) in [7, 11) is -2.53. The number of ether oxygens (including phenoxy) is 2. The molecule has 164 valence electrons. The van der Waals surface area contributed by atoms with Crippen molar-refractivity contribution < 1.29 is 31.1 Å². The summed E-state index contributed by atoms with van der Waals surface area (Å²) in [5.74, 6) is 0. The van der Waals surface area contributed by atoms with E-state index in [2.05, 4.69) is 0 Å². The van der Waals surface area contributed by atoms with Crippen molar-refractivity contribution in [2.75, 3.05) is 26.9 Å². The van der Waals surface area contributed by atoms with Crippen molar-refractivity contribution in [3.63, 3.8) is 0 Å². The van der Waals surface area contributed by atoms with Crippen molar-refractivity contribution in [2.45, 2.75) is 39.3 Å². The summed E-state index contributed by atoms with van der Waals surface area (Å²) < 4.78 is 73.7. The van der Waals surface area contributed by atoms with Gasteiger partial charge in [-0.2, -0.15) is 13.2 Å². The van der Waals surface area contributed by atoms with Gasteiger partial charge in [0.15, 0.2) is 0 Å². The maximum absolute atomic E-state index is 12.3. The molecule has 0 unspecified atom stereocenters. The van der Waals surface area contributed by atoms with E-state index in [0.29, 0.717) is 13.2 Å². The quantitative estimate of drug-likeness (QED) is 0.665. The van der Waals surface area contributed by atoms with Gasteiger partial charge in [0.1, 0.15) is 6.54 Å². The zero-order valence-corrected chi connectivity index (χ0v) is 17.9. The smallest absolute Gasteiger partial charge is 0.381 e. The Bertz CT molecular complexity index is 957. The van der Waals surface area contributed by atoms with Crippen LogP contribution in [0.5, 0.6) is 0 Å². The monoisotopic (exact) mass is 461 g/mol. The first-order valence-corrected chi connectivity index (χ1v) is 11.5. The van der Waals surface area contributed by atoms with Gasteiger partial charge >= 0.3 is 6.18 Å². The Morgan fingerprint density at radius 3 is 2.37 bits per heavy atom. The molecule has 0 aromatic heterocycles. The second-order valence-corrected chi connectivity index (χ2v) is 9.77. The number of methoxy groups -OCH3 is 1. The minimum absolute atomic E-state index is 0.217. The highest BCUT2D eigenvalue weighted by Crippen LogP contribution is 2.38. The molecule has 2 aromatic rings. The molecule has 0 aliphatic carbocycles. The molecule has 30 heavy (non-hydrogen) atoms. The lowest BCUT2D eigenvalue weighted by molar-refractivity contribution is -0.121. The van der Waals surface area contributed by atoms with Crippen molar-refractivity contribution in [1.82, 2.24) is 4.72 Å². The van der Waals surface area contributed by atoms with E-state index in [9.17, 15) is 21.6 Å². The Balaban J connectivity index is 1.73. The predicted octanol–water partition coefficient (Wildman–Crippen LogP) is 4.33. The highest BCUT2D eigenvalue weighted by molar-refractivity contribution is 7.99. The van der Waals surface area contributed by atoms with E-state index >= 15 is 0 Å². The Labute approximate surface area is 178 Å². The average Bonchev–Trinajstić information content (AvgIpc) is 2.73. The van der Waals surface area contributed by atoms with Crippen LogP contribution in [0.3, 0.4) is 0 Å². The van der Waals surface area contributed by atoms with Gasteiger partial charge in [-0.3, -0.25) is 0 Å². The lowest BCUT2D eigenvalue weighted by Crippen LogP contribution is -2.35. The molecule has 10 heteroatoms. The van der Waals surface area contributed by atoms with Crippen molar-refractivity contribution in [2.24, 2.45) is 0 Å². The fourth-order valence-corrected chi connectivity index (χ4v) is 5.13. The second-order valence-electron chi connectivity index (χ2n) is 6.85. The van der Waals surface area contributed by atoms with Crippen molar-refractivity contribution in [3.8, 4) is 0 Å². The highest BCUT2D eigenvalue weighted by Gasteiger charge is 2.34. The molecule has 0 saturated carbocycles. The van der Waals surface area contributed by atoms with Crippen LogP contribution in [0.4, 0.5) is 13.2 Å². The van der Waals surface area contributed by atoms with Crippen LogP contribution < -0.4 is 4.72 Å². The number of hydrogen-bond acceptors (Lipinski definition) is 5. The SMILES string of the molecule is COC1(c2cccc(Sc3ccc(S(=O)(=O)NCC(F)(F)F)cc3)c2)CCOCC1. The van der Waals surface area contributed by atoms with Gasteiger partial charge in [0.25, 0.3) is 0 Å². The zero-order chi connectivity index (χ0) is 21.8. The standard InChI is InChI=1S/C20H22F3NO4S2/c1-27-19(9-11-28-12-10-19)15-3-2-4-17(13-15)29-16-5-7-18(8-6-16)30(25,26)24-14-20(21,22)23/h2-8,13,24H,9-12,14H2,1H3. The largest absolute Gasteiger partial charge is 0.402 e. The molecule has 0 spiro atoms. The van der Waals surface area contributed by atoms with Gasteiger partial charge in [-0.1, -0.05) is 23.9 Å². The topological polar surface area (TPSA) is 64.6 Å². The summed E-state index contributed by atoms with van der Waals surface area (Å²) in [4.78, 5) is 1.49. The summed E-state index contributed by atoms with van der Waals surface area (Å²) in [5, 5.41) is 0. The molecule has 0 atom stereocenters. The molecule has 0 bridgehead atoms. The van der Waals surface area contributed by atoms with Gasteiger partial charge in [0.2, 0.25) is 10.0 Å². The number of benzene rings is 2. The average molecular weight is 462 g/mol. The summed E-state index contributed by atoms with van der Waals surface area (Å²) in [6.45, 7) is -0.349. The van der Waals surface area contributed by atoms with Crippen LogP contribution in [0.1, 0.15) is 18.4 Å². The van der Waals surface area contributed by atoms with E-state index in [1.54, 1.807) is 24.0 Å². The number of halogens is 3. The molecule has 3 rings (SSSR count). The minimum Gasteiger partial charge on any atom is -0.381 e. The van der Waals surface area contributed by atoms with E-state index in [1.807, 2.05) is 24.3 Å². The highest BCUT2D eigenvalue weighted by atomic mass is 32.2. The number of nitrogens with one attached hydrogen (secondary N) is 1. The third-order valence-corrected chi connectivity index (χ3v) is 7.30. The predicted molar refractivity (Wildman–Crippen MR) is 107 cm³/mol. The number of hydrogen-bond donors (Lipinski definition) is 1. The molecule has 1 aliphatic heterocycles. The lowest BCUT2D eigenvalue weighted by Gasteiger charge is -2.36. The van der Waals surface area contributed by atoms with Crippen LogP contribution in [0.2, 0.25) is 0 Å². The Kier molecular flexibility index (Phi) is 7.13. The van der Waals surface area contributed by atoms with Crippen molar-refractivity contribution >= 4 is 21.8 Å². The molecule has 1 N–H and O–H groups in total. The van der Waals surface area contributed by atoms with Gasteiger partial charge in [-0.05, 0) is 42.0 Å². The Morgan fingerprint density at radius 2 is 1.77 bits per heavy atom. The number of rotatable bonds is 7. The fourth-order valence-electron chi connectivity index (χ4n) is 3.24. The third-order valence-electron chi connectivity index (χ3n) is 4.88. The lowest BCUT2D eigenvalue weighted by atomic mass is 9.86. The molecule has 5 nitrogen and oxygen atoms in total. The van der Waals surface area contributed by atoms with E-state index in [-0.39, 0.29) is 4.90 Å². The number of alkyl halides is 3. The van der Waals surface area contributed by atoms with Gasteiger partial charge in [0.05, 0.1) is 10.5 Å². The first-order valence-electron chi connectivity index (χ1n) is 9.21. The molecular weight excluding hydrogens is 439 g/mol. The van der Waals surface area contributed by atoms with Gasteiger partial charge in [0, 0.05) is 43.0 Å². The van der Waals surface area contributed by atoms with E-state index in [4.69, 9.17) is 9.47 Å². The van der Waals surface area contributed by atoms with Crippen molar-refractivity contribution in [1.29, 1.82) is 0 Å². The molecule has 1 heterocycles. The molecule has 1 saturated heterocycles. The number of sulfonamides is 1. The first kappa shape index (κ1) is 23.1. The van der Waals surface area contributed by atoms with E-state index in [1.165, 1.54) is 23.9 Å². The molecular formula is C20H22F3NO4S2. The summed E-state index contributed by atoms with van der Waals surface area (Å²) in [6.07, 6.45) is -3.10. The molecule has 2 aromatic carbocycles. The van der Waals surface area contributed by atoms with Crippen LogP contribution in [0, 0.1) is 0 Å². The van der Waals surface area contributed by atoms with Gasteiger partial charge in [-0.15, -0.1) is 0 Å². The Hall–Kier alpha value is -1.59. The normalized spacial score (nSPS) is 17.1. The summed E-state index contributed by atoms with van der Waals surface area (Å²) >= 11 is 1.43. The van der Waals surface area contributed by atoms with Gasteiger partial charge < -0.3 is 9.47 Å². The molecule has 1 aliphatic rings. The van der Waals surface area contributed by atoms with Crippen LogP contribution in [0.25, 0.3) is 0 Å². The maximum atomic E-state index is 12.3. The van der Waals surface area contributed by atoms with Crippen molar-refractivity contribution in [3.05, 3.63) is 54.1 Å². The van der Waals surface area contributed by atoms with Gasteiger partial charge in [-0.25, -0.2) is 13.1 Å². The summed E-state index contributed by atoms with van der Waals surface area (Å²) in [5.41, 5.74) is 0.658. The van der Waals surface area contributed by atoms with E-state index < -0.39 is 28.3 Å². The van der Waals surface area contributed by atoms with Crippen LogP contribution in [-0.4, -0.2) is 41.5 Å². The molecule has 1 fully saturated rings. The maximum Gasteiger partial charge on any atom is 0.402 e. The van der Waals surface area contributed by atoms with Crippen LogP contribution in [0.15, 0.2) is 63.2 Å². The zero-order valence-electron chi connectivity index (χ0n) is 16.2. The molecule has 0 radical (unpaired) electrons. The van der Waals surface area contributed by atoms with E-state index in [0.717, 1.165) is 28.2 Å². The first-order chi connectivity index (χ1) is 14.1. The van der Waals surface area contributed by atoms with Crippen LogP contribution >= 0.6 is 11.8 Å². The Morgan fingerprint density at radius 1 is 1.10 bits per heavy atom. The minimum atomic E-state index is -4.61. The fraction of sp³-hybridized carbons (Fsp3) is 0.400.